The Kier molecular flexibility index (Phi) is 5.44. The summed E-state index contributed by atoms with van der Waals surface area (Å²) in [5.74, 6) is 0.942. The molecule has 0 aliphatic rings. The first-order valence-corrected chi connectivity index (χ1v) is 8.58. The number of rotatable bonds is 4. The van der Waals surface area contributed by atoms with Gasteiger partial charge in [0.2, 0.25) is 0 Å². The second-order valence-electron chi connectivity index (χ2n) is 7.09. The Morgan fingerprint density at radius 3 is 1.74 bits per heavy atom. The molecule has 2 heteroatoms. The highest BCUT2D eigenvalue weighted by atomic mass is 31.1. The molecule has 1 aromatic rings. The molecule has 19 heavy (non-hydrogen) atoms. The van der Waals surface area contributed by atoms with Crippen molar-refractivity contribution in [3.63, 3.8) is 0 Å². The molecule has 0 heterocycles. The maximum absolute atomic E-state index is 5.21. The van der Waals surface area contributed by atoms with Gasteiger partial charge in [-0.2, -0.15) is 0 Å². The van der Waals surface area contributed by atoms with Gasteiger partial charge in [0.1, 0.15) is 5.75 Å². The zero-order valence-electron chi connectivity index (χ0n) is 13.6. The summed E-state index contributed by atoms with van der Waals surface area (Å²) >= 11 is 0. The number of aryl methyl sites for hydroxylation is 1. The van der Waals surface area contributed by atoms with Crippen LogP contribution in [0.3, 0.4) is 0 Å². The van der Waals surface area contributed by atoms with Crippen molar-refractivity contribution in [2.45, 2.75) is 58.3 Å². The van der Waals surface area contributed by atoms with Gasteiger partial charge < -0.3 is 4.74 Å². The van der Waals surface area contributed by atoms with Crippen molar-refractivity contribution in [2.24, 2.45) is 0 Å². The standard InChI is InChI=1S/C17H29OP/c1-16(2,3)19(17(4,5)6)13-12-14-8-10-15(18-7)11-9-14/h8-11H,12-13H2,1-7H3. The third-order valence-electron chi connectivity index (χ3n) is 3.40. The van der Waals surface area contributed by atoms with Crippen LogP contribution in [0.4, 0.5) is 0 Å². The molecule has 1 nitrogen and oxygen atoms in total. The third kappa shape index (κ3) is 5.15. The summed E-state index contributed by atoms with van der Waals surface area (Å²) in [5.41, 5.74) is 1.42. The Labute approximate surface area is 120 Å². The van der Waals surface area contributed by atoms with E-state index in [1.165, 1.54) is 18.1 Å². The number of methoxy groups -OCH3 is 1. The van der Waals surface area contributed by atoms with Crippen LogP contribution in [0.1, 0.15) is 47.1 Å². The highest BCUT2D eigenvalue weighted by Crippen LogP contribution is 2.59. The molecule has 0 saturated heterocycles. The van der Waals surface area contributed by atoms with E-state index in [9.17, 15) is 0 Å². The average Bonchev–Trinajstić information content (AvgIpc) is 2.26. The van der Waals surface area contributed by atoms with Gasteiger partial charge in [0.05, 0.1) is 7.11 Å². The van der Waals surface area contributed by atoms with E-state index >= 15 is 0 Å². The normalized spacial score (nSPS) is 12.8. The van der Waals surface area contributed by atoms with Gasteiger partial charge in [-0.25, -0.2) is 0 Å². The van der Waals surface area contributed by atoms with E-state index in [2.05, 4.69) is 65.8 Å². The SMILES string of the molecule is COc1ccc(CCP(C(C)(C)C)C(C)(C)C)cc1. The number of hydrogen-bond acceptors (Lipinski definition) is 1. The van der Waals surface area contributed by atoms with Crippen LogP contribution in [0.15, 0.2) is 24.3 Å². The number of benzene rings is 1. The highest BCUT2D eigenvalue weighted by Gasteiger charge is 2.33. The maximum atomic E-state index is 5.21. The van der Waals surface area contributed by atoms with Crippen LogP contribution in [0, 0.1) is 0 Å². The Morgan fingerprint density at radius 2 is 1.37 bits per heavy atom. The summed E-state index contributed by atoms with van der Waals surface area (Å²) in [6.45, 7) is 14.3. The zero-order chi connectivity index (χ0) is 14.7. The van der Waals surface area contributed by atoms with Crippen molar-refractivity contribution < 1.29 is 4.74 Å². The summed E-state index contributed by atoms with van der Waals surface area (Å²) in [4.78, 5) is 0. The molecular weight excluding hydrogens is 251 g/mol. The van der Waals surface area contributed by atoms with Gasteiger partial charge in [-0.15, -0.1) is 0 Å². The van der Waals surface area contributed by atoms with Gasteiger partial charge in [-0.05, 0) is 40.6 Å². The molecular formula is C17H29OP. The summed E-state index contributed by atoms with van der Waals surface area (Å²) in [6, 6.07) is 8.51. The number of hydrogen-bond donors (Lipinski definition) is 0. The predicted octanol–water partition coefficient (Wildman–Crippen LogP) is 5.32. The van der Waals surface area contributed by atoms with Gasteiger partial charge in [-0.3, -0.25) is 0 Å². The van der Waals surface area contributed by atoms with Crippen LogP contribution in [-0.2, 0) is 6.42 Å². The van der Waals surface area contributed by atoms with E-state index in [0.717, 1.165) is 5.75 Å². The molecule has 108 valence electrons. The fraction of sp³-hybridized carbons (Fsp3) is 0.647. The third-order valence-corrected chi connectivity index (χ3v) is 7.31. The van der Waals surface area contributed by atoms with Crippen LogP contribution in [0.5, 0.6) is 5.75 Å². The van der Waals surface area contributed by atoms with E-state index in [1.54, 1.807) is 7.11 Å². The van der Waals surface area contributed by atoms with Crippen LogP contribution in [0.25, 0.3) is 0 Å². The largest absolute Gasteiger partial charge is 0.497 e. The Hall–Kier alpha value is -0.550. The molecule has 0 saturated carbocycles. The summed E-state index contributed by atoms with van der Waals surface area (Å²) < 4.78 is 5.21. The lowest BCUT2D eigenvalue weighted by Crippen LogP contribution is -2.27. The van der Waals surface area contributed by atoms with Gasteiger partial charge in [0.25, 0.3) is 0 Å². The minimum absolute atomic E-state index is 0.00896. The Bertz CT molecular complexity index is 367. The summed E-state index contributed by atoms with van der Waals surface area (Å²) in [7, 11) is 1.71. The molecule has 1 rings (SSSR count). The molecule has 0 amide bonds. The smallest absolute Gasteiger partial charge is 0.118 e. The summed E-state index contributed by atoms with van der Waals surface area (Å²) in [6.07, 6.45) is 2.47. The maximum Gasteiger partial charge on any atom is 0.118 e. The van der Waals surface area contributed by atoms with Crippen LogP contribution >= 0.6 is 7.92 Å². The molecule has 0 aliphatic carbocycles. The van der Waals surface area contributed by atoms with Gasteiger partial charge in [-0.1, -0.05) is 61.6 Å². The van der Waals surface area contributed by atoms with Crippen LogP contribution in [0.2, 0.25) is 0 Å². The fourth-order valence-electron chi connectivity index (χ4n) is 2.71. The van der Waals surface area contributed by atoms with E-state index in [4.69, 9.17) is 4.74 Å². The molecule has 0 unspecified atom stereocenters. The van der Waals surface area contributed by atoms with Crippen LogP contribution in [-0.4, -0.2) is 23.6 Å². The lowest BCUT2D eigenvalue weighted by atomic mass is 10.2. The lowest BCUT2D eigenvalue weighted by Gasteiger charge is -2.41. The number of ether oxygens (including phenoxy) is 1. The zero-order valence-corrected chi connectivity index (χ0v) is 14.5. The monoisotopic (exact) mass is 280 g/mol. The minimum atomic E-state index is -0.00896. The van der Waals surface area contributed by atoms with E-state index < -0.39 is 0 Å². The predicted molar refractivity (Wildman–Crippen MR) is 88.0 cm³/mol. The average molecular weight is 280 g/mol. The van der Waals surface area contributed by atoms with Crippen molar-refractivity contribution in [2.75, 3.05) is 13.3 Å². The highest BCUT2D eigenvalue weighted by molar-refractivity contribution is 7.60. The van der Waals surface area contributed by atoms with Crippen LogP contribution < -0.4 is 4.74 Å². The van der Waals surface area contributed by atoms with E-state index in [0.29, 0.717) is 10.3 Å². The topological polar surface area (TPSA) is 9.23 Å². The van der Waals surface area contributed by atoms with Crippen molar-refractivity contribution in [1.29, 1.82) is 0 Å². The molecule has 0 bridgehead atoms. The second-order valence-corrected chi connectivity index (χ2v) is 11.1. The molecule has 0 fully saturated rings. The molecule has 0 aromatic heterocycles. The van der Waals surface area contributed by atoms with Gasteiger partial charge in [0.15, 0.2) is 0 Å². The van der Waals surface area contributed by atoms with E-state index in [-0.39, 0.29) is 7.92 Å². The van der Waals surface area contributed by atoms with Crippen molar-refractivity contribution >= 4 is 7.92 Å². The second kappa shape index (κ2) is 6.27. The van der Waals surface area contributed by atoms with Crippen molar-refractivity contribution in [1.82, 2.24) is 0 Å². The summed E-state index contributed by atoms with van der Waals surface area (Å²) in [5, 5.41) is 0.833. The first-order valence-electron chi connectivity index (χ1n) is 7.05. The first-order chi connectivity index (χ1) is 8.64. The molecule has 0 N–H and O–H groups in total. The Balaban J connectivity index is 2.71. The molecule has 0 atom stereocenters. The fourth-order valence-corrected chi connectivity index (χ4v) is 6.55. The van der Waals surface area contributed by atoms with E-state index in [1.807, 2.05) is 0 Å². The molecule has 0 aliphatic heterocycles. The van der Waals surface area contributed by atoms with Crippen molar-refractivity contribution in [3.8, 4) is 5.75 Å². The van der Waals surface area contributed by atoms with Crippen molar-refractivity contribution in [3.05, 3.63) is 29.8 Å². The molecule has 1 aromatic carbocycles. The quantitative estimate of drug-likeness (QED) is 0.678. The van der Waals surface area contributed by atoms with Gasteiger partial charge in [0, 0.05) is 0 Å². The van der Waals surface area contributed by atoms with Gasteiger partial charge >= 0.3 is 0 Å². The minimum Gasteiger partial charge on any atom is -0.497 e. The molecule has 0 spiro atoms. The lowest BCUT2D eigenvalue weighted by molar-refractivity contribution is 0.414. The first kappa shape index (κ1) is 16.5. The molecule has 0 radical (unpaired) electrons. The Morgan fingerprint density at radius 1 is 0.895 bits per heavy atom.